The maximum atomic E-state index is 13.1. The quantitative estimate of drug-likeness (QED) is 0.637. The molecule has 0 radical (unpaired) electrons. The van der Waals surface area contributed by atoms with E-state index in [0.717, 1.165) is 22.0 Å². The van der Waals surface area contributed by atoms with Gasteiger partial charge in [-0.25, -0.2) is 0 Å². The lowest BCUT2D eigenvalue weighted by Gasteiger charge is -2.26. The molecule has 1 N–H and O–H groups in total. The van der Waals surface area contributed by atoms with Crippen LogP contribution < -0.4 is 5.32 Å². The Hall–Kier alpha value is -2.36. The van der Waals surface area contributed by atoms with Crippen LogP contribution in [0.4, 0.5) is 5.69 Å². The van der Waals surface area contributed by atoms with E-state index in [1.54, 1.807) is 7.11 Å². The number of amides is 1. The molecule has 3 rings (SSSR count). The summed E-state index contributed by atoms with van der Waals surface area (Å²) in [7, 11) is 1.60. The van der Waals surface area contributed by atoms with Crippen LogP contribution in [-0.2, 0) is 14.4 Å². The summed E-state index contributed by atoms with van der Waals surface area (Å²) in [5.74, 6) is -0.256. The molecule has 0 saturated carbocycles. The average molecular weight is 354 g/mol. The molecule has 3 aromatic rings. The van der Waals surface area contributed by atoms with Gasteiger partial charge < -0.3 is 10.1 Å². The van der Waals surface area contributed by atoms with Gasteiger partial charge in [-0.15, -0.1) is 11.6 Å². The monoisotopic (exact) mass is 353 g/mol. The van der Waals surface area contributed by atoms with Crippen LogP contribution in [-0.4, -0.2) is 19.6 Å². The lowest BCUT2D eigenvalue weighted by molar-refractivity contribution is -0.119. The Morgan fingerprint density at radius 1 is 1.00 bits per heavy atom. The van der Waals surface area contributed by atoms with Gasteiger partial charge >= 0.3 is 0 Å². The molecule has 1 unspecified atom stereocenters. The number of ether oxygens (including phenoxy) is 1. The van der Waals surface area contributed by atoms with Gasteiger partial charge in [0.15, 0.2) is 4.87 Å². The Morgan fingerprint density at radius 3 is 2.44 bits per heavy atom. The fourth-order valence-electron chi connectivity index (χ4n) is 2.89. The van der Waals surface area contributed by atoms with Gasteiger partial charge in [0, 0.05) is 31.2 Å². The molecule has 0 heterocycles. The molecule has 0 bridgehead atoms. The Morgan fingerprint density at radius 2 is 1.68 bits per heavy atom. The van der Waals surface area contributed by atoms with E-state index in [4.69, 9.17) is 16.3 Å². The van der Waals surface area contributed by atoms with Crippen molar-refractivity contribution in [1.29, 1.82) is 0 Å². The van der Waals surface area contributed by atoms with Gasteiger partial charge in [0.1, 0.15) is 0 Å². The number of alkyl halides is 1. The molecule has 128 valence electrons. The summed E-state index contributed by atoms with van der Waals surface area (Å²) in [6.45, 7) is 0.390. The summed E-state index contributed by atoms with van der Waals surface area (Å²) in [4.78, 5) is 11.9. The van der Waals surface area contributed by atoms with Crippen molar-refractivity contribution in [1.82, 2.24) is 0 Å². The average Bonchev–Trinajstić information content (AvgIpc) is 2.67. The van der Waals surface area contributed by atoms with Crippen LogP contribution in [0.15, 0.2) is 72.8 Å². The van der Waals surface area contributed by atoms with Gasteiger partial charge in [0.05, 0.1) is 0 Å². The minimum absolute atomic E-state index is 0.256. The number of rotatable bonds is 6. The number of halogens is 1. The SMILES string of the molecule is COCCC(Cl)(C(=O)Nc1cccc2ccccc12)c1ccccc1. The smallest absolute Gasteiger partial charge is 0.250 e. The standard InChI is InChI=1S/C21H20ClNO2/c1-25-15-14-21(22,17-10-3-2-4-11-17)20(24)23-19-13-7-9-16-8-5-6-12-18(16)19/h2-13H,14-15H2,1H3,(H,23,24). The molecule has 0 spiro atoms. The molecule has 0 fully saturated rings. The molecule has 3 nitrogen and oxygen atoms in total. The zero-order valence-corrected chi connectivity index (χ0v) is 14.8. The fourth-order valence-corrected chi connectivity index (χ4v) is 3.14. The predicted octanol–water partition coefficient (Wildman–Crippen LogP) is 4.95. The largest absolute Gasteiger partial charge is 0.385 e. The second kappa shape index (κ2) is 7.68. The summed E-state index contributed by atoms with van der Waals surface area (Å²) in [5, 5.41) is 5.06. The van der Waals surface area contributed by atoms with Crippen LogP contribution >= 0.6 is 11.6 Å². The molecule has 0 aromatic heterocycles. The maximum absolute atomic E-state index is 13.1. The van der Waals surface area contributed by atoms with E-state index in [2.05, 4.69) is 5.32 Å². The minimum Gasteiger partial charge on any atom is -0.385 e. The van der Waals surface area contributed by atoms with E-state index in [-0.39, 0.29) is 5.91 Å². The summed E-state index contributed by atoms with van der Waals surface area (Å²) in [5.41, 5.74) is 1.51. The maximum Gasteiger partial charge on any atom is 0.250 e. The van der Waals surface area contributed by atoms with Crippen LogP contribution in [0, 0.1) is 0 Å². The number of carbonyl (C=O) groups is 1. The summed E-state index contributed by atoms with van der Waals surface area (Å²) in [6, 6.07) is 23.1. The number of anilines is 1. The Kier molecular flexibility index (Phi) is 5.37. The molecule has 0 aliphatic carbocycles. The van der Waals surface area contributed by atoms with Gasteiger partial charge in [-0.05, 0) is 17.0 Å². The lowest BCUT2D eigenvalue weighted by atomic mass is 9.93. The van der Waals surface area contributed by atoms with E-state index in [0.29, 0.717) is 13.0 Å². The van der Waals surface area contributed by atoms with Crippen molar-refractivity contribution in [3.8, 4) is 0 Å². The van der Waals surface area contributed by atoms with Gasteiger partial charge in [0.25, 0.3) is 0 Å². The first kappa shape index (κ1) is 17.5. The topological polar surface area (TPSA) is 38.3 Å². The first-order chi connectivity index (χ1) is 12.1. The van der Waals surface area contributed by atoms with Crippen molar-refractivity contribution in [2.45, 2.75) is 11.3 Å². The molecule has 1 atom stereocenters. The predicted molar refractivity (Wildman–Crippen MR) is 103 cm³/mol. The van der Waals surface area contributed by atoms with E-state index >= 15 is 0 Å². The van der Waals surface area contributed by atoms with Gasteiger partial charge in [0.2, 0.25) is 5.91 Å². The third-order valence-electron chi connectivity index (χ3n) is 4.28. The first-order valence-corrected chi connectivity index (χ1v) is 8.55. The molecule has 25 heavy (non-hydrogen) atoms. The van der Waals surface area contributed by atoms with Crippen LogP contribution in [0.2, 0.25) is 0 Å². The second-order valence-corrected chi connectivity index (χ2v) is 6.54. The normalized spacial score (nSPS) is 13.4. The summed E-state index contributed by atoms with van der Waals surface area (Å²) in [6.07, 6.45) is 0.381. The third kappa shape index (κ3) is 3.68. The molecule has 0 saturated heterocycles. The molecule has 0 aliphatic heterocycles. The van der Waals surface area contributed by atoms with Crippen molar-refractivity contribution in [2.75, 3.05) is 19.0 Å². The highest BCUT2D eigenvalue weighted by molar-refractivity contribution is 6.36. The van der Waals surface area contributed by atoms with Crippen LogP contribution in [0.25, 0.3) is 10.8 Å². The Balaban J connectivity index is 1.95. The van der Waals surface area contributed by atoms with E-state index < -0.39 is 4.87 Å². The van der Waals surface area contributed by atoms with Gasteiger partial charge in [-0.2, -0.15) is 0 Å². The molecule has 3 aromatic carbocycles. The Labute approximate surface area is 152 Å². The van der Waals surface area contributed by atoms with Crippen molar-refractivity contribution in [2.24, 2.45) is 0 Å². The van der Waals surface area contributed by atoms with E-state index in [1.165, 1.54) is 0 Å². The number of hydrogen-bond acceptors (Lipinski definition) is 2. The van der Waals surface area contributed by atoms with Crippen LogP contribution in [0.5, 0.6) is 0 Å². The Bertz CT molecular complexity index is 861. The van der Waals surface area contributed by atoms with Crippen LogP contribution in [0.1, 0.15) is 12.0 Å². The van der Waals surface area contributed by atoms with E-state index in [1.807, 2.05) is 72.8 Å². The van der Waals surface area contributed by atoms with Crippen molar-refractivity contribution < 1.29 is 9.53 Å². The number of methoxy groups -OCH3 is 1. The minimum atomic E-state index is -1.19. The molecule has 0 aliphatic rings. The molecule has 4 heteroatoms. The number of hydrogen-bond donors (Lipinski definition) is 1. The van der Waals surface area contributed by atoms with E-state index in [9.17, 15) is 4.79 Å². The van der Waals surface area contributed by atoms with Crippen molar-refractivity contribution >= 4 is 34.0 Å². The van der Waals surface area contributed by atoms with Crippen molar-refractivity contribution in [3.05, 3.63) is 78.4 Å². The summed E-state index contributed by atoms with van der Waals surface area (Å²) < 4.78 is 5.17. The van der Waals surface area contributed by atoms with Gasteiger partial charge in [-0.3, -0.25) is 4.79 Å². The fraction of sp³-hybridized carbons (Fsp3) is 0.190. The molecular formula is C21H20ClNO2. The highest BCUT2D eigenvalue weighted by Crippen LogP contribution is 2.35. The summed E-state index contributed by atoms with van der Waals surface area (Å²) >= 11 is 6.80. The highest BCUT2D eigenvalue weighted by Gasteiger charge is 2.38. The van der Waals surface area contributed by atoms with Gasteiger partial charge in [-0.1, -0.05) is 66.7 Å². The number of benzene rings is 3. The zero-order valence-electron chi connectivity index (χ0n) is 14.0. The number of fused-ring (bicyclic) bond motifs is 1. The third-order valence-corrected chi connectivity index (χ3v) is 4.86. The lowest BCUT2D eigenvalue weighted by Crippen LogP contribution is -2.36. The molecular weight excluding hydrogens is 334 g/mol. The zero-order chi connectivity index (χ0) is 17.7. The van der Waals surface area contributed by atoms with Crippen molar-refractivity contribution in [3.63, 3.8) is 0 Å². The number of nitrogens with one attached hydrogen (secondary N) is 1. The number of carbonyl (C=O) groups excluding carboxylic acids is 1. The first-order valence-electron chi connectivity index (χ1n) is 8.18. The van der Waals surface area contributed by atoms with Crippen LogP contribution in [0.3, 0.4) is 0 Å². The second-order valence-electron chi connectivity index (χ2n) is 5.89. The molecule has 1 amide bonds. The highest BCUT2D eigenvalue weighted by atomic mass is 35.5.